The third-order valence-electron chi connectivity index (χ3n) is 5.85. The van der Waals surface area contributed by atoms with Gasteiger partial charge < -0.3 is 0 Å². The Bertz CT molecular complexity index is 941. The van der Waals surface area contributed by atoms with Gasteiger partial charge in [-0.1, -0.05) is 76.2 Å². The molecule has 0 radical (unpaired) electrons. The monoisotopic (exact) mass is 374 g/mol. The molecule has 0 N–H and O–H groups in total. The first-order chi connectivity index (χ1) is 13.7. The van der Waals surface area contributed by atoms with Crippen molar-refractivity contribution in [1.82, 2.24) is 9.80 Å². The summed E-state index contributed by atoms with van der Waals surface area (Å²) in [5.41, 5.74) is 2.83. The molecule has 2 aromatic rings. The Balaban J connectivity index is 2.35. The molecule has 0 spiro atoms. The van der Waals surface area contributed by atoms with Gasteiger partial charge in [0.2, 0.25) is 0 Å². The van der Waals surface area contributed by atoms with E-state index < -0.39 is 0 Å². The van der Waals surface area contributed by atoms with Gasteiger partial charge in [-0.25, -0.2) is 0 Å². The smallest absolute Gasteiger partial charge is 0.0239 e. The van der Waals surface area contributed by atoms with Crippen molar-refractivity contribution in [1.29, 1.82) is 0 Å². The Kier molecular flexibility index (Phi) is 7.24. The second-order valence-electron chi connectivity index (χ2n) is 7.44. The largest absolute Gasteiger partial charge is 0.300 e. The molecule has 0 heterocycles. The van der Waals surface area contributed by atoms with Gasteiger partial charge in [0.05, 0.1) is 0 Å². The van der Waals surface area contributed by atoms with E-state index in [1.807, 2.05) is 0 Å². The summed E-state index contributed by atoms with van der Waals surface area (Å²) in [6.45, 7) is 15.2. The lowest BCUT2D eigenvalue weighted by Crippen LogP contribution is -2.39. The van der Waals surface area contributed by atoms with E-state index in [0.717, 1.165) is 39.3 Å². The van der Waals surface area contributed by atoms with Crippen molar-refractivity contribution in [3.8, 4) is 0 Å². The van der Waals surface area contributed by atoms with Gasteiger partial charge in [0.1, 0.15) is 0 Å². The number of hydrogen-bond acceptors (Lipinski definition) is 2. The molecule has 148 valence electrons. The van der Waals surface area contributed by atoms with Crippen molar-refractivity contribution in [3.05, 3.63) is 69.4 Å². The van der Waals surface area contributed by atoms with Crippen LogP contribution < -0.4 is 20.9 Å². The maximum Gasteiger partial charge on any atom is 0.0239 e. The standard InChI is InChI=1S/C26H34N2/c1-5-27(6-2)19-23-17-21-13-9-10-14-22(21)18-24(20-28(7-3)8-4)26-16-12-11-15-25(23)26/h9-18H,5-8,19-20H2,1-4H3/b21-17-,22-18-,23-17?,24-18?,25-23+,26-24+. The zero-order chi connectivity index (χ0) is 19.9. The molecule has 3 rings (SSSR count). The van der Waals surface area contributed by atoms with Crippen LogP contribution in [0.5, 0.6) is 0 Å². The predicted molar refractivity (Wildman–Crippen MR) is 123 cm³/mol. The average molecular weight is 375 g/mol. The number of hydrogen-bond donors (Lipinski definition) is 0. The van der Waals surface area contributed by atoms with Crippen molar-refractivity contribution >= 4 is 23.3 Å². The Morgan fingerprint density at radius 2 is 0.893 bits per heavy atom. The normalized spacial score (nSPS) is 19.8. The Morgan fingerprint density at radius 3 is 1.25 bits per heavy atom. The van der Waals surface area contributed by atoms with E-state index >= 15 is 0 Å². The van der Waals surface area contributed by atoms with Crippen LogP contribution in [0.1, 0.15) is 27.7 Å². The van der Waals surface area contributed by atoms with Crippen molar-refractivity contribution in [2.75, 3.05) is 39.3 Å². The summed E-state index contributed by atoms with van der Waals surface area (Å²) < 4.78 is 0. The molecule has 0 aromatic heterocycles. The van der Waals surface area contributed by atoms with E-state index in [9.17, 15) is 0 Å². The van der Waals surface area contributed by atoms with Crippen molar-refractivity contribution in [3.63, 3.8) is 0 Å². The minimum atomic E-state index is 0.983. The fourth-order valence-electron chi connectivity index (χ4n) is 3.99. The van der Waals surface area contributed by atoms with Crippen LogP contribution in [0.3, 0.4) is 0 Å². The fraction of sp³-hybridized carbons (Fsp3) is 0.385. The van der Waals surface area contributed by atoms with Gasteiger partial charge in [-0.15, -0.1) is 0 Å². The van der Waals surface area contributed by atoms with E-state index in [1.165, 1.54) is 32.0 Å². The molecule has 1 aliphatic rings. The van der Waals surface area contributed by atoms with E-state index in [0.29, 0.717) is 0 Å². The maximum absolute atomic E-state index is 2.50. The number of benzene rings is 2. The lowest BCUT2D eigenvalue weighted by atomic mass is 9.99. The minimum absolute atomic E-state index is 0.983. The van der Waals surface area contributed by atoms with Crippen LogP contribution >= 0.6 is 0 Å². The number of nitrogens with zero attached hydrogens (tertiary/aromatic N) is 2. The number of fused-ring (bicyclic) bond motifs is 2. The van der Waals surface area contributed by atoms with Gasteiger partial charge in [0, 0.05) is 13.1 Å². The first kappa shape index (κ1) is 20.6. The molecule has 0 atom stereocenters. The molecule has 0 unspecified atom stereocenters. The minimum Gasteiger partial charge on any atom is -0.300 e. The van der Waals surface area contributed by atoms with E-state index in [1.54, 1.807) is 0 Å². The van der Waals surface area contributed by atoms with Gasteiger partial charge in [0.15, 0.2) is 0 Å². The van der Waals surface area contributed by atoms with Crippen LogP contribution in [-0.2, 0) is 0 Å². The predicted octanol–water partition coefficient (Wildman–Crippen LogP) is 1.95. The lowest BCUT2D eigenvalue weighted by Gasteiger charge is -2.21. The summed E-state index contributed by atoms with van der Waals surface area (Å²) in [5.74, 6) is 0. The van der Waals surface area contributed by atoms with Crippen molar-refractivity contribution in [2.24, 2.45) is 0 Å². The molecule has 0 saturated carbocycles. The summed E-state index contributed by atoms with van der Waals surface area (Å²) in [6, 6.07) is 17.7. The molecule has 2 heteroatoms. The molecule has 0 saturated heterocycles. The summed E-state index contributed by atoms with van der Waals surface area (Å²) in [6.07, 6.45) is 4.80. The van der Waals surface area contributed by atoms with Crippen LogP contribution in [0.4, 0.5) is 0 Å². The quantitative estimate of drug-likeness (QED) is 0.697. The maximum atomic E-state index is 2.50. The van der Waals surface area contributed by atoms with Gasteiger partial charge in [-0.05, 0) is 70.4 Å². The van der Waals surface area contributed by atoms with Gasteiger partial charge in [0.25, 0.3) is 0 Å². The third-order valence-corrected chi connectivity index (χ3v) is 5.85. The first-order valence-corrected chi connectivity index (χ1v) is 10.7. The zero-order valence-electron chi connectivity index (χ0n) is 17.9. The Hall–Kier alpha value is -2.16. The third kappa shape index (κ3) is 4.63. The summed E-state index contributed by atoms with van der Waals surface area (Å²) in [5, 5.41) is 5.39. The Labute approximate surface area is 169 Å². The average Bonchev–Trinajstić information content (AvgIpc) is 2.74. The molecule has 2 aromatic carbocycles. The van der Waals surface area contributed by atoms with Crippen LogP contribution in [0, 0.1) is 0 Å². The number of rotatable bonds is 8. The van der Waals surface area contributed by atoms with Crippen molar-refractivity contribution < 1.29 is 0 Å². The van der Waals surface area contributed by atoms with Crippen LogP contribution in [0.25, 0.3) is 23.3 Å². The second-order valence-corrected chi connectivity index (χ2v) is 7.44. The topological polar surface area (TPSA) is 6.48 Å². The first-order valence-electron chi connectivity index (χ1n) is 10.7. The zero-order valence-corrected chi connectivity index (χ0v) is 17.9. The molecule has 28 heavy (non-hydrogen) atoms. The highest BCUT2D eigenvalue weighted by atomic mass is 15.1. The molecule has 0 amide bonds. The SMILES string of the molecule is CCN(CC)CC1=c2\cccc\c2=C(CN(CC)CC)\C=c2\cccc\c2=C\1. The van der Waals surface area contributed by atoms with Crippen LogP contribution in [0.2, 0.25) is 0 Å². The van der Waals surface area contributed by atoms with Crippen LogP contribution in [0.15, 0.2) is 48.5 Å². The van der Waals surface area contributed by atoms with E-state index in [2.05, 4.69) is 98.2 Å². The fourth-order valence-corrected chi connectivity index (χ4v) is 3.99. The van der Waals surface area contributed by atoms with Crippen molar-refractivity contribution in [2.45, 2.75) is 27.7 Å². The van der Waals surface area contributed by atoms with Gasteiger partial charge in [-0.3, -0.25) is 9.80 Å². The summed E-state index contributed by atoms with van der Waals surface area (Å²) in [7, 11) is 0. The molecule has 0 aliphatic heterocycles. The highest BCUT2D eigenvalue weighted by Crippen LogP contribution is 2.05. The molecule has 0 fully saturated rings. The molecular formula is C26H34N2. The highest BCUT2D eigenvalue weighted by molar-refractivity contribution is 5.83. The van der Waals surface area contributed by atoms with Crippen LogP contribution in [-0.4, -0.2) is 49.1 Å². The lowest BCUT2D eigenvalue weighted by molar-refractivity contribution is 0.342. The van der Waals surface area contributed by atoms with Gasteiger partial charge in [-0.2, -0.15) is 0 Å². The highest BCUT2D eigenvalue weighted by Gasteiger charge is 2.09. The summed E-state index contributed by atoms with van der Waals surface area (Å²) >= 11 is 0. The summed E-state index contributed by atoms with van der Waals surface area (Å²) in [4.78, 5) is 5.00. The molecule has 1 aliphatic carbocycles. The van der Waals surface area contributed by atoms with E-state index in [-0.39, 0.29) is 0 Å². The molecule has 2 nitrogen and oxygen atoms in total. The molecule has 0 bridgehead atoms. The Morgan fingerprint density at radius 1 is 0.536 bits per heavy atom. The second kappa shape index (κ2) is 9.86. The van der Waals surface area contributed by atoms with Gasteiger partial charge >= 0.3 is 0 Å². The molecular weight excluding hydrogens is 340 g/mol. The van der Waals surface area contributed by atoms with E-state index in [4.69, 9.17) is 0 Å².